The van der Waals surface area contributed by atoms with E-state index in [0.29, 0.717) is 12.8 Å². The highest BCUT2D eigenvalue weighted by molar-refractivity contribution is 5.24. The lowest BCUT2D eigenvalue weighted by Crippen LogP contribution is -2.18. The molecule has 0 unspecified atom stereocenters. The summed E-state index contributed by atoms with van der Waals surface area (Å²) in [5, 5.41) is 19.5. The molecule has 0 heterocycles. The van der Waals surface area contributed by atoms with Gasteiger partial charge in [0.1, 0.15) is 0 Å². The van der Waals surface area contributed by atoms with Crippen LogP contribution in [-0.2, 0) is 12.8 Å². The molecule has 0 amide bonds. The Labute approximate surface area is 188 Å². The molecule has 0 atom stereocenters. The maximum absolute atomic E-state index is 9.76. The number of hydrogen-bond acceptors (Lipinski definition) is 2. The molecule has 2 rings (SSSR count). The van der Waals surface area contributed by atoms with Crippen molar-refractivity contribution >= 4 is 0 Å². The first-order valence-electron chi connectivity index (χ1n) is 11.3. The summed E-state index contributed by atoms with van der Waals surface area (Å²) in [5.41, 5.74) is 3.65. The summed E-state index contributed by atoms with van der Waals surface area (Å²) in [6.45, 7) is 8.33. The van der Waals surface area contributed by atoms with E-state index < -0.39 is 5.41 Å². The topological polar surface area (TPSA) is 47.6 Å². The zero-order chi connectivity index (χ0) is 22.4. The van der Waals surface area contributed by atoms with E-state index in [9.17, 15) is 10.5 Å². The van der Waals surface area contributed by atoms with Gasteiger partial charge in [-0.1, -0.05) is 85.0 Å². The molecular formula is C29H34N2. The van der Waals surface area contributed by atoms with Gasteiger partial charge < -0.3 is 0 Å². The van der Waals surface area contributed by atoms with Crippen molar-refractivity contribution in [3.05, 3.63) is 96.1 Å². The van der Waals surface area contributed by atoms with Crippen LogP contribution in [0.25, 0.3) is 0 Å². The van der Waals surface area contributed by atoms with Gasteiger partial charge in [-0.05, 0) is 62.5 Å². The summed E-state index contributed by atoms with van der Waals surface area (Å²) in [6, 6.07) is 25.5. The standard InChI is InChI=1S/C29H34N2/c1-25(13-9-11-19-27-15-5-3-6-16-27)21-29(23-30,24-31)22-26(2)14-10-12-20-28-17-7-4-8-18-28/h3-8,15-18H,1-2,9-14,19-22H2. The van der Waals surface area contributed by atoms with Gasteiger partial charge in [0.15, 0.2) is 5.41 Å². The lowest BCUT2D eigenvalue weighted by Gasteiger charge is -2.21. The van der Waals surface area contributed by atoms with Gasteiger partial charge in [0.25, 0.3) is 0 Å². The summed E-state index contributed by atoms with van der Waals surface area (Å²) in [6.07, 6.45) is 8.94. The Hall–Kier alpha value is -3.10. The smallest absolute Gasteiger partial charge is 0.151 e. The third-order valence-electron chi connectivity index (χ3n) is 5.71. The van der Waals surface area contributed by atoms with E-state index >= 15 is 0 Å². The molecule has 0 fully saturated rings. The third kappa shape index (κ3) is 9.06. The molecule has 0 saturated carbocycles. The van der Waals surface area contributed by atoms with Crippen molar-refractivity contribution in [3.8, 4) is 12.1 Å². The SMILES string of the molecule is C=C(CCCCc1ccccc1)CC(C#N)(C#N)CC(=C)CCCCc1ccccc1. The molecule has 2 heteroatoms. The van der Waals surface area contributed by atoms with Gasteiger partial charge in [0.05, 0.1) is 12.1 Å². The van der Waals surface area contributed by atoms with Gasteiger partial charge >= 0.3 is 0 Å². The van der Waals surface area contributed by atoms with E-state index in [-0.39, 0.29) is 0 Å². The van der Waals surface area contributed by atoms with E-state index in [0.717, 1.165) is 62.5 Å². The highest BCUT2D eigenvalue weighted by Crippen LogP contribution is 2.34. The molecule has 31 heavy (non-hydrogen) atoms. The largest absolute Gasteiger partial charge is 0.197 e. The van der Waals surface area contributed by atoms with Crippen LogP contribution in [0.1, 0.15) is 62.5 Å². The second-order valence-electron chi connectivity index (χ2n) is 8.54. The number of unbranched alkanes of at least 4 members (excludes halogenated alkanes) is 2. The minimum atomic E-state index is -1.03. The van der Waals surface area contributed by atoms with Gasteiger partial charge in [0.2, 0.25) is 0 Å². The van der Waals surface area contributed by atoms with Crippen molar-refractivity contribution in [2.45, 2.75) is 64.2 Å². The molecular weight excluding hydrogens is 376 g/mol. The fraction of sp³-hybridized carbons (Fsp3) is 0.379. The minimum absolute atomic E-state index is 0.439. The Morgan fingerprint density at radius 2 is 1.03 bits per heavy atom. The van der Waals surface area contributed by atoms with Crippen molar-refractivity contribution in [2.75, 3.05) is 0 Å². The van der Waals surface area contributed by atoms with Crippen molar-refractivity contribution in [3.63, 3.8) is 0 Å². The van der Waals surface area contributed by atoms with E-state index in [1.807, 2.05) is 12.1 Å². The number of hydrogen-bond donors (Lipinski definition) is 0. The summed E-state index contributed by atoms with van der Waals surface area (Å²) >= 11 is 0. The summed E-state index contributed by atoms with van der Waals surface area (Å²) in [4.78, 5) is 0. The molecule has 0 spiro atoms. The quantitative estimate of drug-likeness (QED) is 0.236. The summed E-state index contributed by atoms with van der Waals surface area (Å²) in [5.74, 6) is 0. The fourth-order valence-corrected chi connectivity index (χ4v) is 3.97. The molecule has 0 aromatic heterocycles. The number of rotatable bonds is 14. The molecule has 2 aromatic rings. The van der Waals surface area contributed by atoms with E-state index in [2.05, 4.69) is 73.8 Å². The zero-order valence-electron chi connectivity index (χ0n) is 18.7. The summed E-state index contributed by atoms with van der Waals surface area (Å²) in [7, 11) is 0. The number of aryl methyl sites for hydroxylation is 2. The lowest BCUT2D eigenvalue weighted by atomic mass is 9.77. The normalized spacial score (nSPS) is 10.8. The molecule has 0 bridgehead atoms. The van der Waals surface area contributed by atoms with Crippen LogP contribution in [0, 0.1) is 28.1 Å². The Balaban J connectivity index is 1.71. The van der Waals surface area contributed by atoms with Crippen molar-refractivity contribution in [1.29, 1.82) is 10.5 Å². The van der Waals surface area contributed by atoms with Gasteiger partial charge in [-0.3, -0.25) is 0 Å². The number of allylic oxidation sites excluding steroid dienone is 2. The van der Waals surface area contributed by atoms with Gasteiger partial charge in [-0.25, -0.2) is 0 Å². The Morgan fingerprint density at radius 3 is 1.39 bits per heavy atom. The number of nitriles is 2. The minimum Gasteiger partial charge on any atom is -0.197 e. The second kappa shape index (κ2) is 13.3. The molecule has 160 valence electrons. The third-order valence-corrected chi connectivity index (χ3v) is 5.71. The van der Waals surface area contributed by atoms with Crippen molar-refractivity contribution in [2.24, 2.45) is 5.41 Å². The van der Waals surface area contributed by atoms with Crippen LogP contribution in [0.2, 0.25) is 0 Å². The highest BCUT2D eigenvalue weighted by atomic mass is 14.4. The van der Waals surface area contributed by atoms with Crippen molar-refractivity contribution < 1.29 is 0 Å². The first kappa shape index (κ1) is 24.2. The molecule has 2 aromatic carbocycles. The van der Waals surface area contributed by atoms with Crippen LogP contribution < -0.4 is 0 Å². The van der Waals surface area contributed by atoms with Crippen LogP contribution in [0.4, 0.5) is 0 Å². The Bertz CT molecular complexity index is 820. The first-order chi connectivity index (χ1) is 15.1. The van der Waals surface area contributed by atoms with Gasteiger partial charge in [0, 0.05) is 12.8 Å². The number of benzene rings is 2. The maximum Gasteiger partial charge on any atom is 0.151 e. The second-order valence-corrected chi connectivity index (χ2v) is 8.54. The van der Waals surface area contributed by atoms with E-state index in [4.69, 9.17) is 0 Å². The summed E-state index contributed by atoms with van der Waals surface area (Å²) < 4.78 is 0. The monoisotopic (exact) mass is 410 g/mol. The maximum atomic E-state index is 9.76. The predicted octanol–water partition coefficient (Wildman–Crippen LogP) is 7.74. The van der Waals surface area contributed by atoms with Crippen molar-refractivity contribution in [1.82, 2.24) is 0 Å². The average Bonchev–Trinajstić information content (AvgIpc) is 2.80. The van der Waals surface area contributed by atoms with E-state index in [1.165, 1.54) is 11.1 Å². The van der Waals surface area contributed by atoms with Crippen LogP contribution in [0.15, 0.2) is 85.0 Å². The van der Waals surface area contributed by atoms with E-state index in [1.54, 1.807) is 0 Å². The van der Waals surface area contributed by atoms with Gasteiger partial charge in [-0.15, -0.1) is 0 Å². The predicted molar refractivity (Wildman–Crippen MR) is 129 cm³/mol. The average molecular weight is 411 g/mol. The van der Waals surface area contributed by atoms with Crippen LogP contribution in [0.3, 0.4) is 0 Å². The molecule has 0 N–H and O–H groups in total. The molecule has 0 radical (unpaired) electrons. The molecule has 0 aliphatic heterocycles. The number of nitrogens with zero attached hydrogens (tertiary/aromatic N) is 2. The molecule has 0 aliphatic carbocycles. The van der Waals surface area contributed by atoms with Crippen LogP contribution in [0.5, 0.6) is 0 Å². The molecule has 0 aliphatic rings. The highest BCUT2D eigenvalue weighted by Gasteiger charge is 2.31. The first-order valence-corrected chi connectivity index (χ1v) is 11.3. The lowest BCUT2D eigenvalue weighted by molar-refractivity contribution is 0.488. The van der Waals surface area contributed by atoms with Crippen LogP contribution in [-0.4, -0.2) is 0 Å². The Kier molecular flexibility index (Phi) is 10.3. The zero-order valence-corrected chi connectivity index (χ0v) is 18.7. The van der Waals surface area contributed by atoms with Crippen LogP contribution >= 0.6 is 0 Å². The Morgan fingerprint density at radius 1 is 0.645 bits per heavy atom. The van der Waals surface area contributed by atoms with Gasteiger partial charge in [-0.2, -0.15) is 10.5 Å². The fourth-order valence-electron chi connectivity index (χ4n) is 3.97. The molecule has 2 nitrogen and oxygen atoms in total. The molecule has 0 saturated heterocycles.